The molecule has 0 aliphatic carbocycles. The summed E-state index contributed by atoms with van der Waals surface area (Å²) in [6, 6.07) is 1.52. The highest BCUT2D eigenvalue weighted by atomic mass is 16.6. The highest BCUT2D eigenvalue weighted by Crippen LogP contribution is 2.08. The number of hydrogen-bond acceptors (Lipinski definition) is 4. The molecule has 0 fully saturated rings. The molecule has 2 amide bonds. The first-order valence-electron chi connectivity index (χ1n) is 5.28. The molecule has 94 valence electrons. The molecule has 1 rings (SSSR count). The molecular formula is C13H14N2O3. The SMILES string of the molecule is C#Cc1ccncc1C(=O)NC(=O)OC(C)(C)C. The van der Waals surface area contributed by atoms with Crippen molar-refractivity contribution in [2.75, 3.05) is 0 Å². The minimum atomic E-state index is -0.820. The number of rotatable bonds is 1. The van der Waals surface area contributed by atoms with Crippen LogP contribution in [-0.2, 0) is 4.74 Å². The third-order valence-electron chi connectivity index (χ3n) is 1.84. The molecule has 0 saturated heterocycles. The Bertz CT molecular complexity index is 510. The summed E-state index contributed by atoms with van der Waals surface area (Å²) in [7, 11) is 0. The lowest BCUT2D eigenvalue weighted by molar-refractivity contribution is 0.0508. The van der Waals surface area contributed by atoms with E-state index < -0.39 is 17.6 Å². The smallest absolute Gasteiger partial charge is 0.414 e. The van der Waals surface area contributed by atoms with Gasteiger partial charge in [0.05, 0.1) is 5.56 Å². The molecule has 1 aromatic rings. The molecule has 1 heterocycles. The molecule has 0 aliphatic rings. The zero-order valence-electron chi connectivity index (χ0n) is 10.5. The van der Waals surface area contributed by atoms with E-state index in [9.17, 15) is 9.59 Å². The van der Waals surface area contributed by atoms with Crippen LogP contribution >= 0.6 is 0 Å². The number of carbonyl (C=O) groups is 2. The Hall–Kier alpha value is -2.35. The average Bonchev–Trinajstić information content (AvgIpc) is 2.26. The minimum absolute atomic E-state index is 0.158. The third kappa shape index (κ3) is 3.91. The number of amides is 2. The number of hydrogen-bond donors (Lipinski definition) is 1. The quantitative estimate of drug-likeness (QED) is 0.766. The van der Waals surface area contributed by atoms with Crippen LogP contribution in [0.5, 0.6) is 0 Å². The van der Waals surface area contributed by atoms with Gasteiger partial charge in [0, 0.05) is 18.0 Å². The van der Waals surface area contributed by atoms with Crippen molar-refractivity contribution < 1.29 is 14.3 Å². The Labute approximate surface area is 106 Å². The second-order valence-corrected chi connectivity index (χ2v) is 4.52. The van der Waals surface area contributed by atoms with Crippen molar-refractivity contribution in [3.63, 3.8) is 0 Å². The van der Waals surface area contributed by atoms with Crippen LogP contribution < -0.4 is 5.32 Å². The zero-order valence-corrected chi connectivity index (χ0v) is 10.5. The fraction of sp³-hybridized carbons (Fsp3) is 0.308. The van der Waals surface area contributed by atoms with Gasteiger partial charge in [0.25, 0.3) is 5.91 Å². The standard InChI is InChI=1S/C13H14N2O3/c1-5-9-6-7-14-8-10(9)11(16)15-12(17)18-13(2,3)4/h1,6-8H,2-4H3,(H,15,16,17). The van der Waals surface area contributed by atoms with Crippen molar-refractivity contribution in [3.05, 3.63) is 29.6 Å². The molecular weight excluding hydrogens is 232 g/mol. The van der Waals surface area contributed by atoms with E-state index in [1.807, 2.05) is 0 Å². The van der Waals surface area contributed by atoms with E-state index in [4.69, 9.17) is 11.2 Å². The van der Waals surface area contributed by atoms with Crippen molar-refractivity contribution >= 4 is 12.0 Å². The fourth-order valence-electron chi connectivity index (χ4n) is 1.16. The lowest BCUT2D eigenvalue weighted by Gasteiger charge is -2.19. The van der Waals surface area contributed by atoms with Crippen LogP contribution in [0.1, 0.15) is 36.7 Å². The molecule has 0 spiro atoms. The van der Waals surface area contributed by atoms with Crippen LogP contribution in [0.2, 0.25) is 0 Å². The number of imide groups is 1. The second kappa shape index (κ2) is 5.32. The van der Waals surface area contributed by atoms with Gasteiger partial charge in [-0.1, -0.05) is 5.92 Å². The number of ether oxygens (including phenoxy) is 1. The van der Waals surface area contributed by atoms with Gasteiger partial charge in [0.2, 0.25) is 0 Å². The maximum atomic E-state index is 11.8. The zero-order chi connectivity index (χ0) is 13.8. The Kier molecular flexibility index (Phi) is 4.05. The maximum Gasteiger partial charge on any atom is 0.414 e. The van der Waals surface area contributed by atoms with Crippen LogP contribution in [0.15, 0.2) is 18.5 Å². The largest absolute Gasteiger partial charge is 0.444 e. The lowest BCUT2D eigenvalue weighted by Crippen LogP contribution is -2.36. The molecule has 0 bridgehead atoms. The molecule has 0 atom stereocenters. The summed E-state index contributed by atoms with van der Waals surface area (Å²) in [5, 5.41) is 2.09. The van der Waals surface area contributed by atoms with Crippen molar-refractivity contribution in [3.8, 4) is 12.3 Å². The molecule has 5 nitrogen and oxygen atoms in total. The van der Waals surface area contributed by atoms with E-state index in [2.05, 4.69) is 16.2 Å². The van der Waals surface area contributed by atoms with Crippen LogP contribution in [0.4, 0.5) is 4.79 Å². The van der Waals surface area contributed by atoms with Crippen LogP contribution in [0, 0.1) is 12.3 Å². The number of aromatic nitrogens is 1. The summed E-state index contributed by atoms with van der Waals surface area (Å²) in [5.74, 6) is 1.71. The van der Waals surface area contributed by atoms with E-state index >= 15 is 0 Å². The molecule has 1 N–H and O–H groups in total. The minimum Gasteiger partial charge on any atom is -0.444 e. The first-order valence-corrected chi connectivity index (χ1v) is 5.28. The van der Waals surface area contributed by atoms with Crippen LogP contribution in [-0.4, -0.2) is 22.6 Å². The lowest BCUT2D eigenvalue weighted by atomic mass is 10.1. The third-order valence-corrected chi connectivity index (χ3v) is 1.84. The van der Waals surface area contributed by atoms with Gasteiger partial charge >= 0.3 is 6.09 Å². The summed E-state index contributed by atoms with van der Waals surface area (Å²) in [6.45, 7) is 5.11. The summed E-state index contributed by atoms with van der Waals surface area (Å²) in [5.41, 5.74) is -0.147. The molecule has 0 saturated carbocycles. The predicted molar refractivity (Wildman–Crippen MR) is 65.9 cm³/mol. The van der Waals surface area contributed by atoms with Crippen LogP contribution in [0.25, 0.3) is 0 Å². The van der Waals surface area contributed by atoms with Gasteiger partial charge in [-0.3, -0.25) is 15.1 Å². The molecule has 0 aliphatic heterocycles. The number of terminal acetylenes is 1. The number of nitrogens with zero attached hydrogens (tertiary/aromatic N) is 1. The monoisotopic (exact) mass is 246 g/mol. The van der Waals surface area contributed by atoms with E-state index in [-0.39, 0.29) is 5.56 Å². The molecule has 0 unspecified atom stereocenters. The van der Waals surface area contributed by atoms with Crippen LogP contribution in [0.3, 0.4) is 0 Å². The van der Waals surface area contributed by atoms with Crippen molar-refractivity contribution in [1.82, 2.24) is 10.3 Å². The van der Waals surface area contributed by atoms with Gasteiger partial charge in [0.15, 0.2) is 0 Å². The topological polar surface area (TPSA) is 68.3 Å². The summed E-state index contributed by atoms with van der Waals surface area (Å²) in [6.07, 6.45) is 7.20. The number of carbonyl (C=O) groups excluding carboxylic acids is 2. The van der Waals surface area contributed by atoms with Gasteiger partial charge in [-0.15, -0.1) is 6.42 Å². The Morgan fingerprint density at radius 2 is 2.11 bits per heavy atom. The van der Waals surface area contributed by atoms with Gasteiger partial charge in [-0.25, -0.2) is 4.79 Å². The van der Waals surface area contributed by atoms with E-state index in [1.54, 1.807) is 20.8 Å². The molecule has 18 heavy (non-hydrogen) atoms. The van der Waals surface area contributed by atoms with E-state index in [0.29, 0.717) is 5.56 Å². The maximum absolute atomic E-state index is 11.8. The molecule has 5 heteroatoms. The Balaban J connectivity index is 2.78. The van der Waals surface area contributed by atoms with Gasteiger partial charge < -0.3 is 4.74 Å². The van der Waals surface area contributed by atoms with Gasteiger partial charge in [-0.05, 0) is 26.8 Å². The summed E-state index contributed by atoms with van der Waals surface area (Å²) in [4.78, 5) is 27.0. The Morgan fingerprint density at radius 3 is 2.67 bits per heavy atom. The average molecular weight is 246 g/mol. The van der Waals surface area contributed by atoms with Crippen molar-refractivity contribution in [2.45, 2.75) is 26.4 Å². The molecule has 1 aromatic heterocycles. The van der Waals surface area contributed by atoms with Crippen molar-refractivity contribution in [2.24, 2.45) is 0 Å². The van der Waals surface area contributed by atoms with E-state index in [1.165, 1.54) is 18.5 Å². The molecule has 0 radical (unpaired) electrons. The second-order valence-electron chi connectivity index (χ2n) is 4.52. The highest BCUT2D eigenvalue weighted by molar-refractivity contribution is 6.04. The summed E-state index contributed by atoms with van der Waals surface area (Å²) >= 11 is 0. The predicted octanol–water partition coefficient (Wildman–Crippen LogP) is 1.73. The highest BCUT2D eigenvalue weighted by Gasteiger charge is 2.19. The Morgan fingerprint density at radius 1 is 1.44 bits per heavy atom. The van der Waals surface area contributed by atoms with E-state index in [0.717, 1.165) is 0 Å². The molecule has 0 aromatic carbocycles. The summed E-state index contributed by atoms with van der Waals surface area (Å²) < 4.78 is 4.96. The first-order chi connectivity index (χ1) is 8.33. The number of alkyl carbamates (subject to hydrolysis) is 1. The fourth-order valence-corrected chi connectivity index (χ4v) is 1.16. The first kappa shape index (κ1) is 13.7. The van der Waals surface area contributed by atoms with Gasteiger partial charge in [-0.2, -0.15) is 0 Å². The van der Waals surface area contributed by atoms with Crippen molar-refractivity contribution in [1.29, 1.82) is 0 Å². The van der Waals surface area contributed by atoms with Gasteiger partial charge in [0.1, 0.15) is 5.60 Å². The normalized spacial score (nSPS) is 10.3. The number of pyridine rings is 1. The number of nitrogens with one attached hydrogen (secondary N) is 1.